The Morgan fingerprint density at radius 1 is 1.15 bits per heavy atom. The number of rotatable bonds is 1. The summed E-state index contributed by atoms with van der Waals surface area (Å²) >= 11 is 0. The van der Waals surface area contributed by atoms with Crippen molar-refractivity contribution in [2.75, 3.05) is 0 Å². The molecule has 0 aromatic heterocycles. The molecule has 0 N–H and O–H groups in total. The van der Waals surface area contributed by atoms with Gasteiger partial charge in [-0.15, -0.1) is 4.91 Å². The highest BCUT2D eigenvalue weighted by Gasteiger charge is 2.50. The van der Waals surface area contributed by atoms with Gasteiger partial charge in [-0.2, -0.15) is 0 Å². The molecule has 0 aromatic rings. The van der Waals surface area contributed by atoms with Crippen LogP contribution in [0, 0.1) is 28.1 Å². The van der Waals surface area contributed by atoms with Crippen molar-refractivity contribution in [3.8, 4) is 0 Å². The molecule has 0 aromatic carbocycles. The Balaban J connectivity index is 1.66. The van der Waals surface area contributed by atoms with Crippen molar-refractivity contribution in [3.63, 3.8) is 0 Å². The van der Waals surface area contributed by atoms with Crippen molar-refractivity contribution in [2.45, 2.75) is 64.7 Å². The predicted molar refractivity (Wildman–Crippen MR) is 81.0 cm³/mol. The van der Waals surface area contributed by atoms with Crippen LogP contribution in [0.5, 0.6) is 0 Å². The minimum absolute atomic E-state index is 0.652. The first-order valence-electron chi connectivity index (χ1n) is 8.47. The van der Waals surface area contributed by atoms with Crippen LogP contribution in [0.3, 0.4) is 0 Å². The molecule has 0 spiro atoms. The van der Waals surface area contributed by atoms with E-state index in [2.05, 4.69) is 18.2 Å². The summed E-state index contributed by atoms with van der Waals surface area (Å²) < 4.78 is 0. The van der Waals surface area contributed by atoms with Gasteiger partial charge in [0, 0.05) is 0 Å². The van der Waals surface area contributed by atoms with Crippen LogP contribution in [-0.2, 0) is 0 Å². The summed E-state index contributed by atoms with van der Waals surface area (Å²) in [5.74, 6) is 2.75. The maximum atomic E-state index is 10.8. The molecule has 0 saturated heterocycles. The van der Waals surface area contributed by atoms with Crippen LogP contribution in [0.2, 0.25) is 0 Å². The van der Waals surface area contributed by atoms with E-state index in [1.165, 1.54) is 50.5 Å². The van der Waals surface area contributed by atoms with Gasteiger partial charge in [0.05, 0.1) is 5.70 Å². The molecule has 2 fully saturated rings. The van der Waals surface area contributed by atoms with E-state index in [0.717, 1.165) is 36.3 Å². The van der Waals surface area contributed by atoms with Gasteiger partial charge < -0.3 is 0 Å². The lowest BCUT2D eigenvalue weighted by atomic mass is 9.55. The van der Waals surface area contributed by atoms with Gasteiger partial charge in [0.2, 0.25) is 0 Å². The summed E-state index contributed by atoms with van der Waals surface area (Å²) in [7, 11) is 0. The molecule has 0 heterocycles. The molecule has 0 aliphatic heterocycles. The normalized spacial score (nSPS) is 43.5. The lowest BCUT2D eigenvalue weighted by Crippen LogP contribution is -2.41. The number of nitrogens with zero attached hydrogens (tertiary/aromatic N) is 1. The van der Waals surface area contributed by atoms with Crippen molar-refractivity contribution in [1.82, 2.24) is 0 Å². The Labute approximate surface area is 121 Å². The molecular formula is C18H25NO. The van der Waals surface area contributed by atoms with Gasteiger partial charge in [0.1, 0.15) is 0 Å². The van der Waals surface area contributed by atoms with E-state index in [1.54, 1.807) is 5.57 Å². The average molecular weight is 271 g/mol. The highest BCUT2D eigenvalue weighted by atomic mass is 16.3. The molecule has 3 unspecified atom stereocenters. The molecule has 0 radical (unpaired) electrons. The summed E-state index contributed by atoms with van der Waals surface area (Å²) in [6.07, 6.45) is 13.9. The van der Waals surface area contributed by atoms with E-state index in [0.29, 0.717) is 5.41 Å². The smallest absolute Gasteiger partial charge is 0.0854 e. The highest BCUT2D eigenvalue weighted by Crippen LogP contribution is 2.60. The standard InChI is InChI=1S/C18H25NO/c1-18-9-2-3-17(18)16-6-4-12-11-13(19-20)5-7-14(12)15(16)8-10-18/h11,15-17H,2-10H2,1H3/t15?,16?,17?,18-/m1/s1. The van der Waals surface area contributed by atoms with Crippen LogP contribution >= 0.6 is 0 Å². The van der Waals surface area contributed by atoms with Crippen molar-refractivity contribution in [3.05, 3.63) is 27.8 Å². The molecule has 4 aliphatic carbocycles. The molecule has 4 aliphatic rings. The van der Waals surface area contributed by atoms with E-state index in [4.69, 9.17) is 0 Å². The van der Waals surface area contributed by atoms with Gasteiger partial charge in [0.15, 0.2) is 0 Å². The van der Waals surface area contributed by atoms with Gasteiger partial charge in [-0.25, -0.2) is 0 Å². The molecule has 0 bridgehead atoms. The second kappa shape index (κ2) is 4.54. The first kappa shape index (κ1) is 12.8. The fourth-order valence-corrected chi connectivity index (χ4v) is 5.96. The fraction of sp³-hybridized carbons (Fsp3) is 0.778. The molecule has 2 nitrogen and oxygen atoms in total. The van der Waals surface area contributed by atoms with Crippen LogP contribution in [-0.4, -0.2) is 0 Å². The van der Waals surface area contributed by atoms with E-state index in [1.807, 2.05) is 0 Å². The first-order valence-corrected chi connectivity index (χ1v) is 8.47. The minimum Gasteiger partial charge on any atom is -0.145 e. The Hall–Kier alpha value is -0.920. The Kier molecular flexibility index (Phi) is 2.90. The monoisotopic (exact) mass is 271 g/mol. The number of hydrogen-bond acceptors (Lipinski definition) is 2. The number of hydrogen-bond donors (Lipinski definition) is 0. The van der Waals surface area contributed by atoms with Crippen LogP contribution in [0.15, 0.2) is 28.1 Å². The zero-order valence-electron chi connectivity index (χ0n) is 12.5. The summed E-state index contributed by atoms with van der Waals surface area (Å²) in [6, 6.07) is 0. The quantitative estimate of drug-likeness (QED) is 0.591. The minimum atomic E-state index is 0.652. The lowest BCUT2D eigenvalue weighted by Gasteiger charge is -2.50. The SMILES string of the molecule is C[C@]12CCCC1C1CCC3=C(CCC(N=O)=C3)C1CC2. The van der Waals surface area contributed by atoms with Crippen molar-refractivity contribution < 1.29 is 0 Å². The largest absolute Gasteiger partial charge is 0.145 e. The van der Waals surface area contributed by atoms with E-state index in [9.17, 15) is 4.91 Å². The topological polar surface area (TPSA) is 29.4 Å². The maximum absolute atomic E-state index is 10.8. The second-order valence-electron chi connectivity index (χ2n) is 7.78. The van der Waals surface area contributed by atoms with Crippen LogP contribution in [0.4, 0.5) is 0 Å². The number of allylic oxidation sites excluding steroid dienone is 4. The van der Waals surface area contributed by atoms with Crippen LogP contribution in [0.25, 0.3) is 0 Å². The average Bonchev–Trinajstić information content (AvgIpc) is 2.88. The van der Waals surface area contributed by atoms with Gasteiger partial charge in [-0.3, -0.25) is 0 Å². The molecule has 2 saturated carbocycles. The van der Waals surface area contributed by atoms with Crippen LogP contribution < -0.4 is 0 Å². The second-order valence-corrected chi connectivity index (χ2v) is 7.78. The van der Waals surface area contributed by atoms with Crippen molar-refractivity contribution in [2.24, 2.45) is 28.3 Å². The lowest BCUT2D eigenvalue weighted by molar-refractivity contribution is 0.0428. The molecule has 108 valence electrons. The number of fused-ring (bicyclic) bond motifs is 4. The zero-order valence-corrected chi connectivity index (χ0v) is 12.5. The van der Waals surface area contributed by atoms with Crippen molar-refractivity contribution in [1.29, 1.82) is 0 Å². The highest BCUT2D eigenvalue weighted by molar-refractivity contribution is 5.37. The molecular weight excluding hydrogens is 246 g/mol. The molecule has 20 heavy (non-hydrogen) atoms. The Morgan fingerprint density at radius 2 is 2.05 bits per heavy atom. The summed E-state index contributed by atoms with van der Waals surface area (Å²) in [4.78, 5) is 10.8. The summed E-state index contributed by atoms with van der Waals surface area (Å²) in [5, 5.41) is 3.18. The first-order chi connectivity index (χ1) is 9.71. The van der Waals surface area contributed by atoms with E-state index >= 15 is 0 Å². The predicted octanol–water partition coefficient (Wildman–Crippen LogP) is 5.35. The molecule has 2 heteroatoms. The van der Waals surface area contributed by atoms with Crippen LogP contribution in [0.1, 0.15) is 64.7 Å². The van der Waals surface area contributed by atoms with E-state index < -0.39 is 0 Å². The van der Waals surface area contributed by atoms with Gasteiger partial charge in [-0.05, 0) is 91.4 Å². The summed E-state index contributed by atoms with van der Waals surface area (Å²) in [6.45, 7) is 2.56. The molecule has 0 amide bonds. The molecule has 4 atom stereocenters. The zero-order chi connectivity index (χ0) is 13.7. The third kappa shape index (κ3) is 1.76. The van der Waals surface area contributed by atoms with Gasteiger partial charge in [0.25, 0.3) is 0 Å². The summed E-state index contributed by atoms with van der Waals surface area (Å²) in [5.41, 5.74) is 4.62. The Bertz CT molecular complexity index is 504. The van der Waals surface area contributed by atoms with Crippen molar-refractivity contribution >= 4 is 0 Å². The maximum Gasteiger partial charge on any atom is 0.0854 e. The van der Waals surface area contributed by atoms with E-state index in [-0.39, 0.29) is 0 Å². The third-order valence-corrected chi connectivity index (χ3v) is 6.93. The van der Waals surface area contributed by atoms with Gasteiger partial charge >= 0.3 is 0 Å². The third-order valence-electron chi connectivity index (χ3n) is 6.93. The van der Waals surface area contributed by atoms with Gasteiger partial charge in [-0.1, -0.05) is 18.9 Å². The molecule has 4 rings (SSSR count). The number of nitroso groups, excluding NO2 is 1. The Morgan fingerprint density at radius 3 is 2.90 bits per heavy atom. The fourth-order valence-electron chi connectivity index (χ4n) is 5.96.